The number of benzene rings is 1. The van der Waals surface area contributed by atoms with E-state index < -0.39 is 0 Å². The van der Waals surface area contributed by atoms with Gasteiger partial charge in [0.25, 0.3) is 0 Å². The van der Waals surface area contributed by atoms with Gasteiger partial charge in [-0.15, -0.1) is 0 Å². The van der Waals surface area contributed by atoms with E-state index >= 15 is 0 Å². The first kappa shape index (κ1) is 13.6. The zero-order chi connectivity index (χ0) is 13.8. The Balaban J connectivity index is 2.29. The number of hydrogen-bond acceptors (Lipinski definition) is 3. The molecule has 19 heavy (non-hydrogen) atoms. The molecular formula is C16H20N2O. The standard InChI is InChI=1S/C16H20N2O/c1-11-7-8-12(2)15(10-11)19-16(13(3)17)14-6-4-5-9-18-14/h4-10,13,16H,17H2,1-3H3. The third-order valence-electron chi connectivity index (χ3n) is 3.05. The van der Waals surface area contributed by atoms with Crippen molar-refractivity contribution in [2.45, 2.75) is 32.9 Å². The van der Waals surface area contributed by atoms with Crippen LogP contribution in [0.3, 0.4) is 0 Å². The van der Waals surface area contributed by atoms with E-state index in [-0.39, 0.29) is 12.1 Å². The first-order chi connectivity index (χ1) is 9.08. The fraction of sp³-hybridized carbons (Fsp3) is 0.312. The van der Waals surface area contributed by atoms with Crippen molar-refractivity contribution < 1.29 is 4.74 Å². The van der Waals surface area contributed by atoms with Gasteiger partial charge in [-0.2, -0.15) is 0 Å². The summed E-state index contributed by atoms with van der Waals surface area (Å²) in [6.45, 7) is 6.02. The molecule has 0 aliphatic carbocycles. The van der Waals surface area contributed by atoms with E-state index in [4.69, 9.17) is 10.5 Å². The number of pyridine rings is 1. The van der Waals surface area contributed by atoms with E-state index in [1.165, 1.54) is 5.56 Å². The van der Waals surface area contributed by atoms with Crippen LogP contribution < -0.4 is 10.5 Å². The lowest BCUT2D eigenvalue weighted by Gasteiger charge is -2.23. The van der Waals surface area contributed by atoms with Gasteiger partial charge in [0.2, 0.25) is 0 Å². The highest BCUT2D eigenvalue weighted by molar-refractivity contribution is 5.36. The summed E-state index contributed by atoms with van der Waals surface area (Å²) in [5, 5.41) is 0. The average Bonchev–Trinajstić information content (AvgIpc) is 2.40. The Kier molecular flexibility index (Phi) is 4.17. The zero-order valence-corrected chi connectivity index (χ0v) is 11.6. The normalized spacial score (nSPS) is 13.9. The molecule has 0 radical (unpaired) electrons. The Bertz CT molecular complexity index is 538. The molecule has 2 unspecified atom stereocenters. The summed E-state index contributed by atoms with van der Waals surface area (Å²) in [6.07, 6.45) is 1.53. The van der Waals surface area contributed by atoms with Crippen LogP contribution in [-0.4, -0.2) is 11.0 Å². The molecule has 0 aliphatic heterocycles. The molecule has 0 aliphatic rings. The largest absolute Gasteiger partial charge is 0.482 e. The summed E-state index contributed by atoms with van der Waals surface area (Å²) >= 11 is 0. The molecule has 0 saturated heterocycles. The minimum Gasteiger partial charge on any atom is -0.482 e. The molecule has 3 heteroatoms. The fourth-order valence-corrected chi connectivity index (χ4v) is 1.95. The second kappa shape index (κ2) is 5.85. The first-order valence-corrected chi connectivity index (χ1v) is 6.48. The molecule has 2 aromatic rings. The number of hydrogen-bond donors (Lipinski definition) is 1. The van der Waals surface area contributed by atoms with Crippen molar-refractivity contribution in [3.63, 3.8) is 0 Å². The van der Waals surface area contributed by atoms with Gasteiger partial charge in [0, 0.05) is 12.2 Å². The number of aromatic nitrogens is 1. The highest BCUT2D eigenvalue weighted by Gasteiger charge is 2.20. The summed E-state index contributed by atoms with van der Waals surface area (Å²) in [5.41, 5.74) is 9.17. The topological polar surface area (TPSA) is 48.1 Å². The Labute approximate surface area is 114 Å². The molecule has 2 rings (SSSR count). The highest BCUT2D eigenvalue weighted by Crippen LogP contribution is 2.26. The summed E-state index contributed by atoms with van der Waals surface area (Å²) in [4.78, 5) is 4.34. The van der Waals surface area contributed by atoms with E-state index in [0.717, 1.165) is 17.0 Å². The van der Waals surface area contributed by atoms with E-state index in [2.05, 4.69) is 17.1 Å². The lowest BCUT2D eigenvalue weighted by Crippen LogP contribution is -2.29. The first-order valence-electron chi connectivity index (χ1n) is 6.48. The fourth-order valence-electron chi connectivity index (χ4n) is 1.95. The van der Waals surface area contributed by atoms with Gasteiger partial charge in [-0.25, -0.2) is 0 Å². The van der Waals surface area contributed by atoms with Gasteiger partial charge in [0.15, 0.2) is 6.10 Å². The van der Waals surface area contributed by atoms with E-state index in [0.29, 0.717) is 0 Å². The number of aryl methyl sites for hydroxylation is 2. The Hall–Kier alpha value is -1.87. The minimum absolute atomic E-state index is 0.130. The van der Waals surface area contributed by atoms with E-state index in [1.54, 1.807) is 6.20 Å². The Morgan fingerprint density at radius 1 is 1.16 bits per heavy atom. The molecule has 0 bridgehead atoms. The predicted molar refractivity (Wildman–Crippen MR) is 77.2 cm³/mol. The molecule has 1 heterocycles. The van der Waals surface area contributed by atoms with Gasteiger partial charge in [0.1, 0.15) is 5.75 Å². The van der Waals surface area contributed by atoms with Crippen LogP contribution in [0.5, 0.6) is 5.75 Å². The van der Waals surface area contributed by atoms with Crippen molar-refractivity contribution in [1.29, 1.82) is 0 Å². The van der Waals surface area contributed by atoms with Gasteiger partial charge in [0.05, 0.1) is 5.69 Å². The number of nitrogens with two attached hydrogens (primary N) is 1. The van der Waals surface area contributed by atoms with Crippen LogP contribution >= 0.6 is 0 Å². The van der Waals surface area contributed by atoms with Crippen molar-refractivity contribution in [2.24, 2.45) is 5.73 Å². The van der Waals surface area contributed by atoms with Crippen LogP contribution in [0.1, 0.15) is 29.8 Å². The number of rotatable bonds is 4. The summed E-state index contributed by atoms with van der Waals surface area (Å²) < 4.78 is 6.09. The molecule has 3 nitrogen and oxygen atoms in total. The number of ether oxygens (including phenoxy) is 1. The summed E-state index contributed by atoms with van der Waals surface area (Å²) in [5.74, 6) is 0.868. The van der Waals surface area contributed by atoms with Crippen LogP contribution in [0.25, 0.3) is 0 Å². The minimum atomic E-state index is -0.235. The second-order valence-electron chi connectivity index (χ2n) is 4.92. The van der Waals surface area contributed by atoms with Crippen molar-refractivity contribution in [1.82, 2.24) is 4.98 Å². The smallest absolute Gasteiger partial charge is 0.155 e. The molecule has 1 aromatic heterocycles. The van der Waals surface area contributed by atoms with Crippen molar-refractivity contribution >= 4 is 0 Å². The third kappa shape index (κ3) is 3.32. The molecule has 0 saturated carbocycles. The summed E-state index contributed by atoms with van der Waals surface area (Å²) in [6, 6.07) is 11.8. The van der Waals surface area contributed by atoms with Gasteiger partial charge >= 0.3 is 0 Å². The predicted octanol–water partition coefficient (Wildman–Crippen LogP) is 3.17. The Morgan fingerprint density at radius 3 is 2.58 bits per heavy atom. The highest BCUT2D eigenvalue weighted by atomic mass is 16.5. The second-order valence-corrected chi connectivity index (χ2v) is 4.92. The zero-order valence-electron chi connectivity index (χ0n) is 11.6. The number of nitrogens with zero attached hydrogens (tertiary/aromatic N) is 1. The molecule has 100 valence electrons. The molecule has 2 atom stereocenters. The monoisotopic (exact) mass is 256 g/mol. The van der Waals surface area contributed by atoms with E-state index in [9.17, 15) is 0 Å². The summed E-state index contributed by atoms with van der Waals surface area (Å²) in [7, 11) is 0. The molecule has 0 amide bonds. The van der Waals surface area contributed by atoms with Gasteiger partial charge in [-0.05, 0) is 50.1 Å². The lowest BCUT2D eigenvalue weighted by molar-refractivity contribution is 0.174. The van der Waals surface area contributed by atoms with Crippen LogP contribution in [0.2, 0.25) is 0 Å². The van der Waals surface area contributed by atoms with Crippen molar-refractivity contribution in [2.75, 3.05) is 0 Å². The van der Waals surface area contributed by atoms with Crippen LogP contribution in [0, 0.1) is 13.8 Å². The van der Waals surface area contributed by atoms with Crippen LogP contribution in [0.4, 0.5) is 0 Å². The molecular weight excluding hydrogens is 236 g/mol. The van der Waals surface area contributed by atoms with Crippen LogP contribution in [-0.2, 0) is 0 Å². The van der Waals surface area contributed by atoms with Crippen molar-refractivity contribution in [3.05, 3.63) is 59.4 Å². The lowest BCUT2D eigenvalue weighted by atomic mass is 10.1. The van der Waals surface area contributed by atoms with Gasteiger partial charge in [-0.1, -0.05) is 18.2 Å². The maximum Gasteiger partial charge on any atom is 0.155 e. The molecule has 0 spiro atoms. The quantitative estimate of drug-likeness (QED) is 0.914. The molecule has 2 N–H and O–H groups in total. The Morgan fingerprint density at radius 2 is 1.95 bits per heavy atom. The molecule has 0 fully saturated rings. The maximum absolute atomic E-state index is 6.09. The molecule has 1 aromatic carbocycles. The van der Waals surface area contributed by atoms with Crippen LogP contribution in [0.15, 0.2) is 42.6 Å². The average molecular weight is 256 g/mol. The van der Waals surface area contributed by atoms with Gasteiger partial charge < -0.3 is 10.5 Å². The van der Waals surface area contributed by atoms with Crippen molar-refractivity contribution in [3.8, 4) is 5.75 Å². The SMILES string of the molecule is Cc1ccc(C)c(OC(c2ccccn2)C(C)N)c1. The maximum atomic E-state index is 6.09. The van der Waals surface area contributed by atoms with E-state index in [1.807, 2.05) is 45.0 Å². The third-order valence-corrected chi connectivity index (χ3v) is 3.05. The van der Waals surface area contributed by atoms with Gasteiger partial charge in [-0.3, -0.25) is 4.98 Å².